The summed E-state index contributed by atoms with van der Waals surface area (Å²) in [6.45, 7) is 6.49. The maximum Gasteiger partial charge on any atom is 0.306 e. The molecule has 0 aliphatic rings. The lowest BCUT2D eigenvalue weighted by Gasteiger charge is -2.18. The molecular formula is C63H110O6. The number of esters is 3. The summed E-state index contributed by atoms with van der Waals surface area (Å²) in [7, 11) is 0. The molecule has 0 saturated heterocycles. The summed E-state index contributed by atoms with van der Waals surface area (Å²) in [5.41, 5.74) is 0. The zero-order chi connectivity index (χ0) is 50.0. The Kier molecular flexibility index (Phi) is 54.8. The van der Waals surface area contributed by atoms with Crippen molar-refractivity contribution < 1.29 is 28.6 Å². The maximum atomic E-state index is 12.8. The van der Waals surface area contributed by atoms with Crippen molar-refractivity contribution in [3.8, 4) is 0 Å². The third kappa shape index (κ3) is 55.6. The predicted molar refractivity (Wildman–Crippen MR) is 298 cm³/mol. The molecule has 1 atom stereocenters. The summed E-state index contributed by atoms with van der Waals surface area (Å²) in [4.78, 5) is 38.1. The quantitative estimate of drug-likeness (QED) is 0.0262. The molecule has 0 bridgehead atoms. The van der Waals surface area contributed by atoms with E-state index in [9.17, 15) is 14.4 Å². The third-order valence-electron chi connectivity index (χ3n) is 12.7. The fourth-order valence-corrected chi connectivity index (χ4v) is 8.35. The molecule has 0 aliphatic heterocycles. The van der Waals surface area contributed by atoms with Crippen LogP contribution in [0, 0.1) is 0 Å². The summed E-state index contributed by atoms with van der Waals surface area (Å²) in [6, 6.07) is 0. The molecule has 0 spiro atoms. The van der Waals surface area contributed by atoms with Gasteiger partial charge in [0.25, 0.3) is 0 Å². The predicted octanol–water partition coefficient (Wildman–Crippen LogP) is 19.8. The number of carbonyl (C=O) groups is 3. The molecule has 0 fully saturated rings. The van der Waals surface area contributed by atoms with E-state index in [0.717, 1.165) is 77.0 Å². The second-order valence-electron chi connectivity index (χ2n) is 19.5. The lowest BCUT2D eigenvalue weighted by atomic mass is 10.0. The Hall–Kier alpha value is -3.15. The van der Waals surface area contributed by atoms with Gasteiger partial charge in [-0.15, -0.1) is 0 Å². The van der Waals surface area contributed by atoms with E-state index in [-0.39, 0.29) is 37.5 Å². The van der Waals surface area contributed by atoms with E-state index >= 15 is 0 Å². The molecule has 0 rings (SSSR count). The highest BCUT2D eigenvalue weighted by molar-refractivity contribution is 5.71. The molecule has 0 radical (unpaired) electrons. The molecule has 0 unspecified atom stereocenters. The van der Waals surface area contributed by atoms with Gasteiger partial charge in [0.2, 0.25) is 0 Å². The first kappa shape index (κ1) is 65.8. The summed E-state index contributed by atoms with van der Waals surface area (Å²) in [5, 5.41) is 0. The van der Waals surface area contributed by atoms with Crippen LogP contribution in [0.4, 0.5) is 0 Å². The van der Waals surface area contributed by atoms with Crippen molar-refractivity contribution in [2.24, 2.45) is 0 Å². The smallest absolute Gasteiger partial charge is 0.306 e. The normalized spacial score (nSPS) is 12.6. The van der Waals surface area contributed by atoms with Crippen molar-refractivity contribution in [2.75, 3.05) is 13.2 Å². The van der Waals surface area contributed by atoms with Gasteiger partial charge in [-0.2, -0.15) is 0 Å². The zero-order valence-corrected chi connectivity index (χ0v) is 45.6. The van der Waals surface area contributed by atoms with Crippen molar-refractivity contribution in [3.05, 3.63) is 72.9 Å². The zero-order valence-electron chi connectivity index (χ0n) is 45.6. The summed E-state index contributed by atoms with van der Waals surface area (Å²) < 4.78 is 16.8. The van der Waals surface area contributed by atoms with Crippen molar-refractivity contribution in [1.82, 2.24) is 0 Å². The number of allylic oxidation sites excluding steroid dienone is 12. The van der Waals surface area contributed by atoms with Gasteiger partial charge >= 0.3 is 17.9 Å². The van der Waals surface area contributed by atoms with Gasteiger partial charge in [-0.1, -0.05) is 286 Å². The van der Waals surface area contributed by atoms with Crippen LogP contribution in [0.25, 0.3) is 0 Å². The lowest BCUT2D eigenvalue weighted by molar-refractivity contribution is -0.166. The number of hydrogen-bond donors (Lipinski definition) is 0. The monoisotopic (exact) mass is 963 g/mol. The van der Waals surface area contributed by atoms with E-state index < -0.39 is 6.10 Å². The van der Waals surface area contributed by atoms with Gasteiger partial charge in [-0.05, 0) is 57.8 Å². The number of hydrogen-bond acceptors (Lipinski definition) is 6. The summed E-state index contributed by atoms with van der Waals surface area (Å²) in [5.74, 6) is -0.970. The molecule has 398 valence electrons. The van der Waals surface area contributed by atoms with E-state index in [2.05, 4.69) is 87.6 Å². The van der Waals surface area contributed by atoms with Crippen molar-refractivity contribution >= 4 is 17.9 Å². The van der Waals surface area contributed by atoms with Crippen LogP contribution >= 0.6 is 0 Å². The number of rotatable bonds is 53. The molecule has 6 heteroatoms. The molecule has 0 saturated carbocycles. The molecule has 0 aliphatic carbocycles. The summed E-state index contributed by atoms with van der Waals surface area (Å²) >= 11 is 0. The number of carbonyl (C=O) groups excluding carboxylic acids is 3. The average Bonchev–Trinajstić information content (AvgIpc) is 3.35. The molecule has 0 heterocycles. The van der Waals surface area contributed by atoms with E-state index in [4.69, 9.17) is 14.2 Å². The molecule has 0 aromatic carbocycles. The largest absolute Gasteiger partial charge is 0.462 e. The number of unbranched alkanes of at least 4 members (excludes halogenated alkanes) is 30. The summed E-state index contributed by atoms with van der Waals surface area (Å²) in [6.07, 6.45) is 73.4. The van der Waals surface area contributed by atoms with Gasteiger partial charge in [0.1, 0.15) is 13.2 Å². The van der Waals surface area contributed by atoms with Crippen LogP contribution in [0.5, 0.6) is 0 Å². The molecule has 69 heavy (non-hydrogen) atoms. The van der Waals surface area contributed by atoms with Gasteiger partial charge in [-0.3, -0.25) is 14.4 Å². The second kappa shape index (κ2) is 57.4. The Balaban J connectivity index is 4.42. The SMILES string of the molecule is CC/C=C\C/C=C\C/C=C\C/C=C\C/C=C\C/C=C\CCC(=O)OC[C@H](COC(=O)CCCCCCCCCCCCCCCCCCCCC)OC(=O)CCCCCCCCCCCCCCC. The van der Waals surface area contributed by atoms with Gasteiger partial charge < -0.3 is 14.2 Å². The van der Waals surface area contributed by atoms with E-state index in [1.54, 1.807) is 0 Å². The van der Waals surface area contributed by atoms with Crippen LogP contribution in [0.2, 0.25) is 0 Å². The van der Waals surface area contributed by atoms with Gasteiger partial charge in [-0.25, -0.2) is 0 Å². The highest BCUT2D eigenvalue weighted by Crippen LogP contribution is 2.17. The minimum atomic E-state index is -0.802. The lowest BCUT2D eigenvalue weighted by Crippen LogP contribution is -2.30. The van der Waals surface area contributed by atoms with Gasteiger partial charge in [0.15, 0.2) is 6.10 Å². The fraction of sp³-hybridized carbons (Fsp3) is 0.762. The Morgan fingerprint density at radius 2 is 0.565 bits per heavy atom. The topological polar surface area (TPSA) is 78.9 Å². The molecular weight excluding hydrogens is 853 g/mol. The van der Waals surface area contributed by atoms with Crippen LogP contribution in [0.15, 0.2) is 72.9 Å². The Labute approximate surface area is 427 Å². The fourth-order valence-electron chi connectivity index (χ4n) is 8.35. The first-order valence-electron chi connectivity index (χ1n) is 29.4. The van der Waals surface area contributed by atoms with E-state index in [1.807, 2.05) is 6.08 Å². The molecule has 0 aromatic heterocycles. The van der Waals surface area contributed by atoms with Crippen molar-refractivity contribution in [1.29, 1.82) is 0 Å². The first-order valence-corrected chi connectivity index (χ1v) is 29.4. The van der Waals surface area contributed by atoms with Gasteiger partial charge in [0.05, 0.1) is 0 Å². The first-order chi connectivity index (χ1) is 34.0. The molecule has 0 aromatic rings. The Bertz CT molecular complexity index is 1290. The highest BCUT2D eigenvalue weighted by atomic mass is 16.6. The minimum absolute atomic E-state index is 0.0945. The molecule has 6 nitrogen and oxygen atoms in total. The van der Waals surface area contributed by atoms with Crippen LogP contribution < -0.4 is 0 Å². The van der Waals surface area contributed by atoms with E-state index in [0.29, 0.717) is 19.3 Å². The Morgan fingerprint density at radius 1 is 0.304 bits per heavy atom. The second-order valence-corrected chi connectivity index (χ2v) is 19.5. The minimum Gasteiger partial charge on any atom is -0.462 e. The third-order valence-corrected chi connectivity index (χ3v) is 12.7. The highest BCUT2D eigenvalue weighted by Gasteiger charge is 2.19. The van der Waals surface area contributed by atoms with Crippen molar-refractivity contribution in [3.63, 3.8) is 0 Å². The van der Waals surface area contributed by atoms with Crippen LogP contribution in [0.3, 0.4) is 0 Å². The van der Waals surface area contributed by atoms with Gasteiger partial charge in [0, 0.05) is 19.3 Å². The van der Waals surface area contributed by atoms with E-state index in [1.165, 1.54) is 167 Å². The van der Waals surface area contributed by atoms with Crippen LogP contribution in [-0.2, 0) is 28.6 Å². The standard InChI is InChI=1S/C63H110O6/c1-4-7-10-13-16-19-22-25-27-29-31-33-35-38-40-43-46-49-52-55-61(64)67-58-60(69-63(66)57-54-51-48-45-42-37-24-21-18-15-12-9-6-3)59-68-62(65)56-53-50-47-44-41-39-36-34-32-30-28-26-23-20-17-14-11-8-5-2/h7,10,16,19,25,27,31,33,38,40,46,49,60H,4-6,8-9,11-15,17-18,20-24,26,28-30,32,34-37,39,41-45,47-48,50-59H2,1-3H3/b10-7-,19-16-,27-25-,33-31-,40-38-,49-46-/t60-/m1/s1. The average molecular weight is 964 g/mol. The van der Waals surface area contributed by atoms with Crippen molar-refractivity contribution in [2.45, 2.75) is 297 Å². The molecule has 0 amide bonds. The maximum absolute atomic E-state index is 12.8. The number of ether oxygens (including phenoxy) is 3. The Morgan fingerprint density at radius 3 is 0.884 bits per heavy atom. The van der Waals surface area contributed by atoms with Crippen LogP contribution in [-0.4, -0.2) is 37.2 Å². The molecule has 0 N–H and O–H groups in total. The van der Waals surface area contributed by atoms with Crippen LogP contribution in [0.1, 0.15) is 290 Å².